The van der Waals surface area contributed by atoms with Crippen LogP contribution >= 0.6 is 11.8 Å². The van der Waals surface area contributed by atoms with Gasteiger partial charge >= 0.3 is 0 Å². The molecule has 1 unspecified atom stereocenters. The predicted molar refractivity (Wildman–Crippen MR) is 130 cm³/mol. The molecule has 1 aliphatic heterocycles. The first-order chi connectivity index (χ1) is 15.2. The van der Waals surface area contributed by atoms with Crippen molar-refractivity contribution in [1.82, 2.24) is 4.90 Å². The van der Waals surface area contributed by atoms with Crippen molar-refractivity contribution in [3.05, 3.63) is 95.6 Å². The quantitative estimate of drug-likeness (QED) is 0.457. The van der Waals surface area contributed by atoms with Crippen LogP contribution in [0, 0.1) is 12.8 Å². The van der Waals surface area contributed by atoms with E-state index in [0.29, 0.717) is 0 Å². The van der Waals surface area contributed by atoms with Crippen LogP contribution < -0.4 is 5.32 Å². The normalized spacial score (nSPS) is 16.7. The molecule has 1 aliphatic rings. The van der Waals surface area contributed by atoms with E-state index >= 15 is 0 Å². The molecular weight excluding hydrogens is 400 g/mol. The molecule has 3 aromatic rings. The van der Waals surface area contributed by atoms with Gasteiger partial charge in [0.15, 0.2) is 0 Å². The first-order valence-corrected chi connectivity index (χ1v) is 12.0. The van der Waals surface area contributed by atoms with E-state index in [0.717, 1.165) is 49.5 Å². The number of nitrogens with one attached hydrogen (secondary N) is 1. The number of hydrogen-bond acceptors (Lipinski definition) is 3. The van der Waals surface area contributed by atoms with Gasteiger partial charge in [-0.2, -0.15) is 0 Å². The summed E-state index contributed by atoms with van der Waals surface area (Å²) in [5, 5.41) is 3.19. The first kappa shape index (κ1) is 21.7. The average molecular weight is 431 g/mol. The van der Waals surface area contributed by atoms with Crippen molar-refractivity contribution in [1.29, 1.82) is 0 Å². The summed E-state index contributed by atoms with van der Waals surface area (Å²) in [6.07, 6.45) is 2.03. The van der Waals surface area contributed by atoms with Crippen LogP contribution in [0.2, 0.25) is 0 Å². The maximum atomic E-state index is 13.0. The zero-order chi connectivity index (χ0) is 21.5. The van der Waals surface area contributed by atoms with Crippen molar-refractivity contribution >= 4 is 23.4 Å². The smallest absolute Gasteiger partial charge is 0.228 e. The minimum absolute atomic E-state index is 0.0465. The van der Waals surface area contributed by atoms with Gasteiger partial charge in [0.05, 0.1) is 5.92 Å². The molecule has 0 radical (unpaired) electrons. The molecule has 0 spiro atoms. The van der Waals surface area contributed by atoms with E-state index in [-0.39, 0.29) is 11.8 Å². The van der Waals surface area contributed by atoms with E-state index < -0.39 is 0 Å². The second-order valence-corrected chi connectivity index (χ2v) is 9.35. The number of anilines is 1. The number of amides is 1. The molecule has 1 saturated heterocycles. The van der Waals surface area contributed by atoms with Gasteiger partial charge in [0.1, 0.15) is 0 Å². The molecule has 1 atom stereocenters. The number of carbonyl (C=O) groups is 1. The minimum atomic E-state index is 0.0465. The summed E-state index contributed by atoms with van der Waals surface area (Å²) in [7, 11) is 0. The summed E-state index contributed by atoms with van der Waals surface area (Å²) in [4.78, 5) is 16.6. The average Bonchev–Trinajstić information content (AvgIpc) is 2.81. The number of nitrogens with zero attached hydrogens (tertiary/aromatic N) is 1. The number of carbonyl (C=O) groups excluding carboxylic acids is 1. The molecule has 4 rings (SSSR count). The lowest BCUT2D eigenvalue weighted by Crippen LogP contribution is -2.40. The summed E-state index contributed by atoms with van der Waals surface area (Å²) < 4.78 is 0. The zero-order valence-corrected chi connectivity index (χ0v) is 18.9. The maximum Gasteiger partial charge on any atom is 0.228 e. The Balaban J connectivity index is 1.32. The molecule has 3 nitrogen and oxygen atoms in total. The van der Waals surface area contributed by atoms with Crippen molar-refractivity contribution in [2.75, 3.05) is 18.4 Å². The van der Waals surface area contributed by atoms with Crippen molar-refractivity contribution < 1.29 is 4.79 Å². The van der Waals surface area contributed by atoms with Crippen LogP contribution in [-0.4, -0.2) is 23.9 Å². The summed E-state index contributed by atoms with van der Waals surface area (Å²) in [6.45, 7) is 4.88. The molecular formula is C27H30N2OS. The highest BCUT2D eigenvalue weighted by Crippen LogP contribution is 2.26. The molecule has 0 saturated carbocycles. The summed E-state index contributed by atoms with van der Waals surface area (Å²) in [5.74, 6) is 1.12. The minimum Gasteiger partial charge on any atom is -0.326 e. The Labute approximate surface area is 189 Å². The van der Waals surface area contributed by atoms with Gasteiger partial charge < -0.3 is 5.32 Å². The summed E-state index contributed by atoms with van der Waals surface area (Å²) in [6, 6.07) is 27.3. The van der Waals surface area contributed by atoms with Crippen LogP contribution in [0.3, 0.4) is 0 Å². The highest BCUT2D eigenvalue weighted by Gasteiger charge is 2.26. The van der Waals surface area contributed by atoms with E-state index in [1.165, 1.54) is 16.0 Å². The molecule has 1 heterocycles. The Hall–Kier alpha value is -2.56. The molecule has 1 amide bonds. The lowest BCUT2D eigenvalue weighted by molar-refractivity contribution is -0.121. The number of thioether (sulfide) groups is 1. The third-order valence-corrected chi connectivity index (χ3v) is 6.91. The van der Waals surface area contributed by atoms with Crippen molar-refractivity contribution in [3.8, 4) is 0 Å². The van der Waals surface area contributed by atoms with E-state index in [1.54, 1.807) is 0 Å². The van der Waals surface area contributed by atoms with Crippen LogP contribution in [0.1, 0.15) is 29.5 Å². The molecule has 31 heavy (non-hydrogen) atoms. The Morgan fingerprint density at radius 3 is 2.48 bits per heavy atom. The number of likely N-dealkylation sites (tertiary alicyclic amines) is 1. The summed E-state index contributed by atoms with van der Waals surface area (Å²) in [5.41, 5.74) is 4.63. The van der Waals surface area contributed by atoms with Crippen LogP contribution in [0.5, 0.6) is 0 Å². The highest BCUT2D eigenvalue weighted by molar-refractivity contribution is 7.98. The number of aryl methyl sites for hydroxylation is 1. The lowest BCUT2D eigenvalue weighted by atomic mass is 9.96. The molecule has 0 bridgehead atoms. The molecule has 0 aliphatic carbocycles. The SMILES string of the molecule is Cc1cc(CSc2ccccc2)ccc1NC(=O)C1CCCN(Cc2ccccc2)C1. The highest BCUT2D eigenvalue weighted by atomic mass is 32.2. The Kier molecular flexibility index (Phi) is 7.44. The van der Waals surface area contributed by atoms with Gasteiger partial charge in [-0.1, -0.05) is 60.7 Å². The van der Waals surface area contributed by atoms with Gasteiger partial charge in [0.2, 0.25) is 5.91 Å². The van der Waals surface area contributed by atoms with Crippen LogP contribution in [0.4, 0.5) is 5.69 Å². The van der Waals surface area contributed by atoms with Gasteiger partial charge in [-0.05, 0) is 61.2 Å². The van der Waals surface area contributed by atoms with Crippen LogP contribution in [0.15, 0.2) is 83.8 Å². The van der Waals surface area contributed by atoms with E-state index in [9.17, 15) is 4.79 Å². The Bertz CT molecular complexity index is 991. The van der Waals surface area contributed by atoms with Crippen LogP contribution in [-0.2, 0) is 17.1 Å². The molecule has 1 fully saturated rings. The van der Waals surface area contributed by atoms with Gasteiger partial charge in [-0.25, -0.2) is 0 Å². The molecule has 4 heteroatoms. The largest absolute Gasteiger partial charge is 0.326 e. The monoisotopic (exact) mass is 430 g/mol. The number of rotatable bonds is 7. The molecule has 3 aromatic carbocycles. The zero-order valence-electron chi connectivity index (χ0n) is 18.1. The summed E-state index contributed by atoms with van der Waals surface area (Å²) >= 11 is 1.83. The van der Waals surface area contributed by atoms with Gasteiger partial charge in [-0.3, -0.25) is 9.69 Å². The fraction of sp³-hybridized carbons (Fsp3) is 0.296. The third-order valence-electron chi connectivity index (χ3n) is 5.82. The Morgan fingerprint density at radius 1 is 1.00 bits per heavy atom. The molecule has 1 N–H and O–H groups in total. The van der Waals surface area contributed by atoms with E-state index in [4.69, 9.17) is 0 Å². The van der Waals surface area contributed by atoms with Gasteiger partial charge in [0.25, 0.3) is 0 Å². The topological polar surface area (TPSA) is 32.3 Å². The third kappa shape index (κ3) is 6.22. The standard InChI is InChI=1S/C27H30N2OS/c1-21-17-23(20-31-25-12-6-3-7-13-25)14-15-26(21)28-27(30)24-11-8-16-29(19-24)18-22-9-4-2-5-10-22/h2-7,9-10,12-15,17,24H,8,11,16,18-20H2,1H3,(H,28,30). The van der Waals surface area contributed by atoms with Crippen molar-refractivity contribution in [2.24, 2.45) is 5.92 Å². The van der Waals surface area contributed by atoms with Crippen molar-refractivity contribution in [2.45, 2.75) is 37.0 Å². The predicted octanol–water partition coefficient (Wildman–Crippen LogP) is 6.14. The van der Waals surface area contributed by atoms with E-state index in [1.807, 2.05) is 23.9 Å². The van der Waals surface area contributed by atoms with Crippen LogP contribution in [0.25, 0.3) is 0 Å². The number of piperidine rings is 1. The van der Waals surface area contributed by atoms with Crippen molar-refractivity contribution in [3.63, 3.8) is 0 Å². The number of benzene rings is 3. The van der Waals surface area contributed by atoms with Gasteiger partial charge in [-0.15, -0.1) is 11.8 Å². The second-order valence-electron chi connectivity index (χ2n) is 8.30. The molecule has 0 aromatic heterocycles. The molecule has 160 valence electrons. The fourth-order valence-electron chi connectivity index (χ4n) is 4.13. The Morgan fingerprint density at radius 2 is 1.74 bits per heavy atom. The van der Waals surface area contributed by atoms with E-state index in [2.05, 4.69) is 83.9 Å². The fourth-order valence-corrected chi connectivity index (χ4v) is 4.99. The maximum absolute atomic E-state index is 13.0. The number of hydrogen-bond donors (Lipinski definition) is 1. The lowest BCUT2D eigenvalue weighted by Gasteiger charge is -2.32. The first-order valence-electron chi connectivity index (χ1n) is 11.0. The second kappa shape index (κ2) is 10.7. The van der Waals surface area contributed by atoms with Gasteiger partial charge in [0, 0.05) is 29.4 Å².